The van der Waals surface area contributed by atoms with Crippen LogP contribution in [0.4, 0.5) is 17.6 Å². The largest absolute Gasteiger partial charge is 0.484 e. The number of rotatable bonds is 3. The zero-order chi connectivity index (χ0) is 13.2. The summed E-state index contributed by atoms with van der Waals surface area (Å²) < 4.78 is 54.0. The maximum atomic E-state index is 13.3. The number of aryl methyl sites for hydroxylation is 1. The molecule has 2 N–H and O–H groups in total. The Morgan fingerprint density at radius 2 is 1.94 bits per heavy atom. The van der Waals surface area contributed by atoms with E-state index in [0.29, 0.717) is 0 Å². The molecule has 0 fully saturated rings. The molecular formula is C11H13F4NO. The molecule has 6 heteroatoms. The summed E-state index contributed by atoms with van der Waals surface area (Å²) in [5, 5.41) is 0. The van der Waals surface area contributed by atoms with E-state index < -0.39 is 24.6 Å². The molecule has 0 bridgehead atoms. The molecule has 0 radical (unpaired) electrons. The van der Waals surface area contributed by atoms with Gasteiger partial charge in [0, 0.05) is 11.6 Å². The lowest BCUT2D eigenvalue weighted by Crippen LogP contribution is -2.20. The zero-order valence-electron chi connectivity index (χ0n) is 9.44. The second kappa shape index (κ2) is 4.91. The Hall–Kier alpha value is -1.30. The molecule has 2 nitrogen and oxygen atoms in total. The minimum Gasteiger partial charge on any atom is -0.484 e. The Balaban J connectivity index is 3.00. The first-order chi connectivity index (χ1) is 7.70. The topological polar surface area (TPSA) is 35.2 Å². The summed E-state index contributed by atoms with van der Waals surface area (Å²) in [6.07, 6.45) is -4.43. The van der Waals surface area contributed by atoms with Gasteiger partial charge in [0.15, 0.2) is 6.61 Å². The van der Waals surface area contributed by atoms with Crippen LogP contribution < -0.4 is 10.5 Å². The van der Waals surface area contributed by atoms with Crippen LogP contribution in [0.3, 0.4) is 0 Å². The molecular weight excluding hydrogens is 238 g/mol. The van der Waals surface area contributed by atoms with Crippen LogP contribution in [0, 0.1) is 12.7 Å². The Kier molecular flexibility index (Phi) is 3.98. The fourth-order valence-electron chi connectivity index (χ4n) is 1.31. The Bertz CT molecular complexity index is 401. The Morgan fingerprint density at radius 1 is 1.35 bits per heavy atom. The fraction of sp³-hybridized carbons (Fsp3) is 0.455. The van der Waals surface area contributed by atoms with Crippen molar-refractivity contribution in [3.63, 3.8) is 0 Å². The van der Waals surface area contributed by atoms with Crippen molar-refractivity contribution in [2.75, 3.05) is 6.61 Å². The van der Waals surface area contributed by atoms with Crippen molar-refractivity contribution >= 4 is 0 Å². The Labute approximate surface area is 96.4 Å². The maximum absolute atomic E-state index is 13.3. The van der Waals surface area contributed by atoms with E-state index >= 15 is 0 Å². The maximum Gasteiger partial charge on any atom is 0.422 e. The third kappa shape index (κ3) is 3.89. The summed E-state index contributed by atoms with van der Waals surface area (Å²) in [5.41, 5.74) is 5.98. The van der Waals surface area contributed by atoms with Crippen LogP contribution >= 0.6 is 0 Å². The minimum atomic E-state index is -4.43. The summed E-state index contributed by atoms with van der Waals surface area (Å²) in [6, 6.07) is 1.72. The lowest BCUT2D eigenvalue weighted by molar-refractivity contribution is -0.153. The first-order valence-corrected chi connectivity index (χ1v) is 4.96. The number of hydrogen-bond donors (Lipinski definition) is 1. The number of nitrogens with two attached hydrogens (primary N) is 1. The second-order valence-corrected chi connectivity index (χ2v) is 3.83. The summed E-state index contributed by atoms with van der Waals surface area (Å²) in [5.74, 6) is -0.548. The average Bonchev–Trinajstić information content (AvgIpc) is 2.17. The molecule has 0 aliphatic rings. The van der Waals surface area contributed by atoms with Gasteiger partial charge in [-0.05, 0) is 31.5 Å². The molecule has 96 valence electrons. The van der Waals surface area contributed by atoms with E-state index in [1.165, 1.54) is 13.0 Å². The predicted octanol–water partition coefficient (Wildman–Crippen LogP) is 3.09. The summed E-state index contributed by atoms with van der Waals surface area (Å²) in [7, 11) is 0. The zero-order valence-corrected chi connectivity index (χ0v) is 9.44. The second-order valence-electron chi connectivity index (χ2n) is 3.83. The standard InChI is InChI=1S/C11H13F4NO/c1-6-3-10(17-5-11(13,14)15)8(7(2)16)4-9(6)12/h3-4,7H,5,16H2,1-2H3. The molecule has 0 heterocycles. The monoisotopic (exact) mass is 251 g/mol. The van der Waals surface area contributed by atoms with E-state index in [-0.39, 0.29) is 16.9 Å². The molecule has 0 spiro atoms. The highest BCUT2D eigenvalue weighted by Crippen LogP contribution is 2.28. The molecule has 0 saturated heterocycles. The molecule has 1 unspecified atom stereocenters. The molecule has 1 rings (SSSR count). The predicted molar refractivity (Wildman–Crippen MR) is 55.3 cm³/mol. The van der Waals surface area contributed by atoms with Crippen molar-refractivity contribution in [1.82, 2.24) is 0 Å². The number of ether oxygens (including phenoxy) is 1. The van der Waals surface area contributed by atoms with Gasteiger partial charge in [0.05, 0.1) is 0 Å². The first kappa shape index (κ1) is 13.8. The molecule has 1 atom stereocenters. The van der Waals surface area contributed by atoms with Crippen molar-refractivity contribution in [1.29, 1.82) is 0 Å². The SMILES string of the molecule is Cc1cc(OCC(F)(F)F)c(C(C)N)cc1F. The van der Waals surface area contributed by atoms with Crippen LogP contribution in [0.1, 0.15) is 24.1 Å². The molecule has 0 aromatic heterocycles. The smallest absolute Gasteiger partial charge is 0.422 e. The van der Waals surface area contributed by atoms with Gasteiger partial charge in [-0.1, -0.05) is 0 Å². The van der Waals surface area contributed by atoms with Crippen molar-refractivity contribution in [2.45, 2.75) is 26.1 Å². The van der Waals surface area contributed by atoms with Gasteiger partial charge in [-0.2, -0.15) is 13.2 Å². The highest BCUT2D eigenvalue weighted by Gasteiger charge is 2.29. The van der Waals surface area contributed by atoms with Crippen molar-refractivity contribution in [3.05, 3.63) is 29.1 Å². The molecule has 1 aromatic rings. The molecule has 0 saturated carbocycles. The van der Waals surface area contributed by atoms with Gasteiger partial charge >= 0.3 is 6.18 Å². The van der Waals surface area contributed by atoms with Gasteiger partial charge in [-0.15, -0.1) is 0 Å². The molecule has 1 aromatic carbocycles. The van der Waals surface area contributed by atoms with Crippen LogP contribution in [-0.4, -0.2) is 12.8 Å². The van der Waals surface area contributed by atoms with E-state index in [2.05, 4.69) is 4.74 Å². The van der Waals surface area contributed by atoms with Crippen molar-refractivity contribution < 1.29 is 22.3 Å². The van der Waals surface area contributed by atoms with Crippen LogP contribution in [-0.2, 0) is 0 Å². The molecule has 0 aliphatic heterocycles. The normalized spacial score (nSPS) is 13.6. The van der Waals surface area contributed by atoms with Gasteiger partial charge in [0.25, 0.3) is 0 Å². The minimum absolute atomic E-state index is 0.0313. The van der Waals surface area contributed by atoms with E-state index in [9.17, 15) is 17.6 Å². The number of halogens is 4. The van der Waals surface area contributed by atoms with Crippen LogP contribution in [0.15, 0.2) is 12.1 Å². The van der Waals surface area contributed by atoms with Crippen LogP contribution in [0.5, 0.6) is 5.75 Å². The number of hydrogen-bond acceptors (Lipinski definition) is 2. The van der Waals surface area contributed by atoms with Gasteiger partial charge in [-0.3, -0.25) is 0 Å². The van der Waals surface area contributed by atoms with E-state index in [1.807, 2.05) is 0 Å². The third-order valence-corrected chi connectivity index (χ3v) is 2.17. The first-order valence-electron chi connectivity index (χ1n) is 4.96. The molecule has 0 amide bonds. The van der Waals surface area contributed by atoms with Gasteiger partial charge in [0.2, 0.25) is 0 Å². The molecule has 0 aliphatic carbocycles. The van der Waals surface area contributed by atoms with Gasteiger partial charge < -0.3 is 10.5 Å². The average molecular weight is 251 g/mol. The van der Waals surface area contributed by atoms with E-state index in [0.717, 1.165) is 6.07 Å². The van der Waals surface area contributed by atoms with Crippen LogP contribution in [0.2, 0.25) is 0 Å². The van der Waals surface area contributed by atoms with Gasteiger partial charge in [0.1, 0.15) is 11.6 Å². The van der Waals surface area contributed by atoms with E-state index in [4.69, 9.17) is 5.73 Å². The summed E-state index contributed by atoms with van der Waals surface area (Å²) in [4.78, 5) is 0. The van der Waals surface area contributed by atoms with Crippen molar-refractivity contribution in [3.8, 4) is 5.75 Å². The van der Waals surface area contributed by atoms with Gasteiger partial charge in [-0.25, -0.2) is 4.39 Å². The van der Waals surface area contributed by atoms with Crippen molar-refractivity contribution in [2.24, 2.45) is 5.73 Å². The lowest BCUT2D eigenvalue weighted by Gasteiger charge is -2.16. The van der Waals surface area contributed by atoms with E-state index in [1.54, 1.807) is 6.92 Å². The quantitative estimate of drug-likeness (QED) is 0.838. The molecule has 17 heavy (non-hydrogen) atoms. The summed E-state index contributed by atoms with van der Waals surface area (Å²) in [6.45, 7) is 1.57. The number of benzene rings is 1. The number of alkyl halides is 3. The van der Waals surface area contributed by atoms with Crippen LogP contribution in [0.25, 0.3) is 0 Å². The Morgan fingerprint density at radius 3 is 2.41 bits per heavy atom. The fourth-order valence-corrected chi connectivity index (χ4v) is 1.31. The highest BCUT2D eigenvalue weighted by molar-refractivity contribution is 5.39. The summed E-state index contributed by atoms with van der Waals surface area (Å²) >= 11 is 0. The third-order valence-electron chi connectivity index (χ3n) is 2.17. The highest BCUT2D eigenvalue weighted by atomic mass is 19.4. The lowest BCUT2D eigenvalue weighted by atomic mass is 10.1.